The van der Waals surface area contributed by atoms with Crippen molar-refractivity contribution in [3.8, 4) is 0 Å². The van der Waals surface area contributed by atoms with Crippen LogP contribution in [-0.2, 0) is 33.6 Å². The zero-order valence-corrected chi connectivity index (χ0v) is 16.1. The zero-order chi connectivity index (χ0) is 23.3. The van der Waals surface area contributed by atoms with E-state index in [1.54, 1.807) is 0 Å². The molecule has 0 aromatic carbocycles. The highest BCUT2D eigenvalue weighted by molar-refractivity contribution is 5.95. The van der Waals surface area contributed by atoms with Crippen LogP contribution in [0.25, 0.3) is 0 Å². The summed E-state index contributed by atoms with van der Waals surface area (Å²) in [6.07, 6.45) is -1.40. The molecule has 0 saturated carbocycles. The summed E-state index contributed by atoms with van der Waals surface area (Å²) in [6.45, 7) is -0.480. The van der Waals surface area contributed by atoms with Crippen LogP contribution in [0.1, 0.15) is 32.1 Å². The van der Waals surface area contributed by atoms with Crippen molar-refractivity contribution in [2.75, 3.05) is 6.54 Å². The summed E-state index contributed by atoms with van der Waals surface area (Å²) in [5, 5.41) is 15.5. The van der Waals surface area contributed by atoms with Crippen molar-refractivity contribution >= 4 is 41.8 Å². The van der Waals surface area contributed by atoms with Gasteiger partial charge in [-0.3, -0.25) is 28.8 Å². The predicted octanol–water partition coefficient (Wildman–Crippen LogP) is -4.40. The van der Waals surface area contributed by atoms with Crippen LogP contribution in [0.2, 0.25) is 0 Å². The molecule has 0 aliphatic carbocycles. The Balaban J connectivity index is 5.33. The topological polar surface area (TPSA) is 254 Å². The molecule has 5 amide bonds. The van der Waals surface area contributed by atoms with E-state index in [4.69, 9.17) is 22.3 Å². The molecular formula is C16H26N6O8. The highest BCUT2D eigenvalue weighted by Gasteiger charge is 2.29. The molecule has 0 heterocycles. The van der Waals surface area contributed by atoms with E-state index in [-0.39, 0.29) is 19.3 Å². The maximum atomic E-state index is 12.4. The lowest BCUT2D eigenvalue weighted by Gasteiger charge is -2.23. The molecule has 0 spiro atoms. The standard InChI is InChI=1S/C16H26N6O8/c17-6-13(26)21-10(5-12(19)25)16(30)22-9(2-4-14(27)28)15(29)20-8(7-23)1-3-11(18)24/h7-10H,1-6,17H2,(H2,18,24)(H2,19,25)(H,20,29)(H,21,26)(H,22,30)(H,27,28)/t8-,9-,10-/m0/s1. The summed E-state index contributed by atoms with van der Waals surface area (Å²) >= 11 is 0. The number of hydrogen-bond donors (Lipinski definition) is 7. The summed E-state index contributed by atoms with van der Waals surface area (Å²) < 4.78 is 0. The number of carbonyl (C=O) groups excluding carboxylic acids is 6. The Labute approximate surface area is 171 Å². The van der Waals surface area contributed by atoms with Gasteiger partial charge in [-0.2, -0.15) is 0 Å². The Morgan fingerprint density at radius 2 is 1.43 bits per heavy atom. The van der Waals surface area contributed by atoms with Crippen LogP contribution < -0.4 is 33.2 Å². The van der Waals surface area contributed by atoms with E-state index in [2.05, 4.69) is 16.0 Å². The van der Waals surface area contributed by atoms with E-state index >= 15 is 0 Å². The smallest absolute Gasteiger partial charge is 0.303 e. The maximum absolute atomic E-state index is 12.4. The Kier molecular flexibility index (Phi) is 12.0. The molecule has 0 radical (unpaired) electrons. The SMILES string of the molecule is NCC(=O)N[C@@H](CC(N)=O)C(=O)N[C@@H](CCC(=O)O)C(=O)N[C@H](C=O)CCC(N)=O. The molecule has 0 unspecified atom stereocenters. The maximum Gasteiger partial charge on any atom is 0.303 e. The molecule has 30 heavy (non-hydrogen) atoms. The Morgan fingerprint density at radius 3 is 1.90 bits per heavy atom. The van der Waals surface area contributed by atoms with Gasteiger partial charge in [-0.25, -0.2) is 0 Å². The number of nitrogens with one attached hydrogen (secondary N) is 3. The minimum absolute atomic E-state index is 0.0962. The van der Waals surface area contributed by atoms with Crippen molar-refractivity contribution in [3.63, 3.8) is 0 Å². The molecule has 0 saturated heterocycles. The average Bonchev–Trinajstić information content (AvgIpc) is 2.66. The van der Waals surface area contributed by atoms with Gasteiger partial charge in [0.25, 0.3) is 0 Å². The van der Waals surface area contributed by atoms with Gasteiger partial charge in [-0.05, 0) is 12.8 Å². The van der Waals surface area contributed by atoms with Gasteiger partial charge in [0.2, 0.25) is 29.5 Å². The number of amides is 5. The summed E-state index contributed by atoms with van der Waals surface area (Å²) in [5.41, 5.74) is 15.2. The van der Waals surface area contributed by atoms with Gasteiger partial charge in [0.05, 0.1) is 19.0 Å². The molecule has 14 nitrogen and oxygen atoms in total. The average molecular weight is 430 g/mol. The van der Waals surface area contributed by atoms with Crippen LogP contribution in [0, 0.1) is 0 Å². The first kappa shape index (κ1) is 26.4. The summed E-state index contributed by atoms with van der Waals surface area (Å²) in [7, 11) is 0. The largest absolute Gasteiger partial charge is 0.481 e. The van der Waals surface area contributed by atoms with E-state index < -0.39 is 73.0 Å². The van der Waals surface area contributed by atoms with Crippen molar-refractivity contribution in [1.82, 2.24) is 16.0 Å². The number of aldehydes is 1. The second kappa shape index (κ2) is 13.6. The van der Waals surface area contributed by atoms with E-state index in [0.717, 1.165) is 0 Å². The lowest BCUT2D eigenvalue weighted by molar-refractivity contribution is -0.138. The molecule has 14 heteroatoms. The van der Waals surface area contributed by atoms with Crippen molar-refractivity contribution in [3.05, 3.63) is 0 Å². The zero-order valence-electron chi connectivity index (χ0n) is 16.1. The second-order valence-corrected chi connectivity index (χ2v) is 6.24. The molecule has 0 rings (SSSR count). The van der Waals surface area contributed by atoms with Crippen molar-refractivity contribution < 1.29 is 38.7 Å². The fourth-order valence-electron chi connectivity index (χ4n) is 2.23. The minimum atomic E-state index is -1.45. The number of carboxylic acids is 1. The first-order chi connectivity index (χ1) is 14.0. The fourth-order valence-corrected chi connectivity index (χ4v) is 2.23. The van der Waals surface area contributed by atoms with E-state index in [0.29, 0.717) is 6.29 Å². The number of hydrogen-bond acceptors (Lipinski definition) is 8. The van der Waals surface area contributed by atoms with Crippen molar-refractivity contribution in [2.45, 2.75) is 50.2 Å². The molecule has 0 aromatic heterocycles. The van der Waals surface area contributed by atoms with Gasteiger partial charge >= 0.3 is 5.97 Å². The van der Waals surface area contributed by atoms with Crippen LogP contribution in [0.4, 0.5) is 0 Å². The van der Waals surface area contributed by atoms with Gasteiger partial charge in [-0.1, -0.05) is 0 Å². The number of rotatable bonds is 15. The first-order valence-corrected chi connectivity index (χ1v) is 8.84. The Morgan fingerprint density at radius 1 is 0.833 bits per heavy atom. The summed E-state index contributed by atoms with van der Waals surface area (Å²) in [6, 6.07) is -3.97. The summed E-state index contributed by atoms with van der Waals surface area (Å²) in [4.78, 5) is 80.2. The number of carbonyl (C=O) groups is 7. The molecule has 0 aliphatic heterocycles. The second-order valence-electron chi connectivity index (χ2n) is 6.24. The highest BCUT2D eigenvalue weighted by Crippen LogP contribution is 2.03. The lowest BCUT2D eigenvalue weighted by Crippen LogP contribution is -2.56. The molecule has 10 N–H and O–H groups in total. The third-order valence-corrected chi connectivity index (χ3v) is 3.72. The van der Waals surface area contributed by atoms with Crippen LogP contribution in [0.3, 0.4) is 0 Å². The van der Waals surface area contributed by atoms with E-state index in [9.17, 15) is 33.6 Å². The molecule has 0 fully saturated rings. The normalized spacial score (nSPS) is 13.2. The van der Waals surface area contributed by atoms with E-state index in [1.165, 1.54) is 0 Å². The Bertz CT molecular complexity index is 683. The van der Waals surface area contributed by atoms with Crippen LogP contribution in [0.15, 0.2) is 0 Å². The van der Waals surface area contributed by atoms with Crippen molar-refractivity contribution in [1.29, 1.82) is 0 Å². The Hall–Kier alpha value is -3.55. The van der Waals surface area contributed by atoms with Gasteiger partial charge in [0, 0.05) is 12.8 Å². The predicted molar refractivity (Wildman–Crippen MR) is 100 cm³/mol. The number of primary amides is 2. The third-order valence-electron chi connectivity index (χ3n) is 3.72. The minimum Gasteiger partial charge on any atom is -0.481 e. The molecular weight excluding hydrogens is 404 g/mol. The fraction of sp³-hybridized carbons (Fsp3) is 0.562. The third kappa shape index (κ3) is 11.3. The molecule has 0 bridgehead atoms. The van der Waals surface area contributed by atoms with Crippen LogP contribution in [0.5, 0.6) is 0 Å². The number of nitrogens with two attached hydrogens (primary N) is 3. The monoisotopic (exact) mass is 430 g/mol. The van der Waals surface area contributed by atoms with Crippen LogP contribution >= 0.6 is 0 Å². The first-order valence-electron chi connectivity index (χ1n) is 8.84. The summed E-state index contributed by atoms with van der Waals surface area (Å²) in [5.74, 6) is -5.54. The number of aliphatic carboxylic acids is 1. The van der Waals surface area contributed by atoms with Gasteiger partial charge < -0.3 is 43.1 Å². The van der Waals surface area contributed by atoms with E-state index in [1.807, 2.05) is 0 Å². The van der Waals surface area contributed by atoms with Crippen molar-refractivity contribution in [2.24, 2.45) is 17.2 Å². The number of carboxylic acid groups (broad SMARTS) is 1. The molecule has 168 valence electrons. The highest BCUT2D eigenvalue weighted by atomic mass is 16.4. The van der Waals surface area contributed by atoms with Gasteiger partial charge in [0.1, 0.15) is 18.4 Å². The quantitative estimate of drug-likeness (QED) is 0.124. The van der Waals surface area contributed by atoms with Gasteiger partial charge in [-0.15, -0.1) is 0 Å². The lowest BCUT2D eigenvalue weighted by atomic mass is 10.1. The van der Waals surface area contributed by atoms with Crippen LogP contribution in [-0.4, -0.2) is 71.6 Å². The van der Waals surface area contributed by atoms with Gasteiger partial charge in [0.15, 0.2) is 0 Å². The molecule has 0 aromatic rings. The molecule has 3 atom stereocenters. The molecule has 0 aliphatic rings.